The van der Waals surface area contributed by atoms with E-state index in [4.69, 9.17) is 19.3 Å². The molecule has 0 spiro atoms. The van der Waals surface area contributed by atoms with Crippen molar-refractivity contribution in [2.75, 3.05) is 40.1 Å². The second-order valence-electron chi connectivity index (χ2n) is 4.37. The van der Waals surface area contributed by atoms with Crippen molar-refractivity contribution < 1.29 is 19.3 Å². The van der Waals surface area contributed by atoms with Crippen LogP contribution >= 0.6 is 0 Å². The van der Waals surface area contributed by atoms with Crippen LogP contribution in [0.3, 0.4) is 0 Å². The first-order chi connectivity index (χ1) is 9.72. The number of benzene rings is 1. The summed E-state index contributed by atoms with van der Waals surface area (Å²) in [5.41, 5.74) is 1.09. The summed E-state index contributed by atoms with van der Waals surface area (Å²) in [5, 5.41) is 12.0. The molecule has 0 aromatic heterocycles. The summed E-state index contributed by atoms with van der Waals surface area (Å²) in [6, 6.07) is 6.03. The summed E-state index contributed by atoms with van der Waals surface area (Å²) in [7, 11) is 1.64. The molecule has 0 saturated carbocycles. The summed E-state index contributed by atoms with van der Waals surface area (Å²) in [5.74, 6) is 1.56. The van der Waals surface area contributed by atoms with E-state index in [1.54, 1.807) is 7.11 Å². The summed E-state index contributed by atoms with van der Waals surface area (Å²) < 4.78 is 16.2. The average Bonchev–Trinajstić information content (AvgIpc) is 2.47. The van der Waals surface area contributed by atoms with Gasteiger partial charge in [-0.15, -0.1) is 0 Å². The van der Waals surface area contributed by atoms with Crippen LogP contribution in [-0.4, -0.2) is 45.2 Å². The first kappa shape index (κ1) is 16.8. The van der Waals surface area contributed by atoms with Gasteiger partial charge in [-0.25, -0.2) is 0 Å². The molecule has 1 atom stereocenters. The molecule has 1 rings (SSSR count). The Hall–Kier alpha value is -1.30. The molecule has 0 aliphatic carbocycles. The molecule has 1 aromatic carbocycles. The maximum atomic E-state index is 8.64. The molecule has 0 aliphatic heterocycles. The van der Waals surface area contributed by atoms with Gasteiger partial charge in [-0.3, -0.25) is 0 Å². The molecule has 5 nitrogen and oxygen atoms in total. The van der Waals surface area contributed by atoms with Crippen molar-refractivity contribution in [3.05, 3.63) is 23.8 Å². The number of nitrogens with one attached hydrogen (secondary N) is 1. The Kier molecular flexibility index (Phi) is 8.02. The van der Waals surface area contributed by atoms with Gasteiger partial charge in [0.15, 0.2) is 0 Å². The fraction of sp³-hybridized carbons (Fsp3) is 0.600. The molecule has 0 aliphatic rings. The third-order valence-electron chi connectivity index (χ3n) is 2.92. The minimum atomic E-state index is 0.0296. The van der Waals surface area contributed by atoms with Gasteiger partial charge >= 0.3 is 0 Å². The molecule has 0 saturated heterocycles. The van der Waals surface area contributed by atoms with Crippen molar-refractivity contribution in [1.29, 1.82) is 0 Å². The molecule has 0 radical (unpaired) electrons. The van der Waals surface area contributed by atoms with Crippen LogP contribution < -0.4 is 14.8 Å². The number of methoxy groups -OCH3 is 1. The monoisotopic (exact) mass is 283 g/mol. The van der Waals surface area contributed by atoms with Crippen molar-refractivity contribution in [3.63, 3.8) is 0 Å². The van der Waals surface area contributed by atoms with Gasteiger partial charge in [-0.1, -0.05) is 13.0 Å². The van der Waals surface area contributed by atoms with E-state index in [0.717, 1.165) is 23.6 Å². The Morgan fingerprint density at radius 3 is 2.70 bits per heavy atom. The highest BCUT2D eigenvalue weighted by Crippen LogP contribution is 2.29. The lowest BCUT2D eigenvalue weighted by Crippen LogP contribution is -2.19. The zero-order valence-electron chi connectivity index (χ0n) is 12.5. The summed E-state index contributed by atoms with van der Waals surface area (Å²) in [6.45, 7) is 6.33. The van der Waals surface area contributed by atoms with Crippen molar-refractivity contribution in [2.24, 2.45) is 0 Å². The molecule has 2 N–H and O–H groups in total. The maximum Gasteiger partial charge on any atom is 0.127 e. The van der Waals surface area contributed by atoms with E-state index in [9.17, 15) is 0 Å². The average molecular weight is 283 g/mol. The highest BCUT2D eigenvalue weighted by Gasteiger charge is 2.12. The van der Waals surface area contributed by atoms with Crippen molar-refractivity contribution in [2.45, 2.75) is 19.9 Å². The van der Waals surface area contributed by atoms with Gasteiger partial charge in [0.1, 0.15) is 18.1 Å². The van der Waals surface area contributed by atoms with Crippen LogP contribution in [0, 0.1) is 0 Å². The molecule has 0 fully saturated rings. The summed E-state index contributed by atoms with van der Waals surface area (Å²) in [6.07, 6.45) is 0. The Balaban J connectivity index is 2.68. The second kappa shape index (κ2) is 9.58. The smallest absolute Gasteiger partial charge is 0.127 e. The number of hydrogen-bond donors (Lipinski definition) is 2. The van der Waals surface area contributed by atoms with Gasteiger partial charge < -0.3 is 24.6 Å². The summed E-state index contributed by atoms with van der Waals surface area (Å²) in [4.78, 5) is 0. The molecule has 0 heterocycles. The molecular weight excluding hydrogens is 258 g/mol. The minimum Gasteiger partial charge on any atom is -0.497 e. The highest BCUT2D eigenvalue weighted by molar-refractivity contribution is 5.42. The molecule has 0 amide bonds. The lowest BCUT2D eigenvalue weighted by Gasteiger charge is -2.18. The predicted molar refractivity (Wildman–Crippen MR) is 78.5 cm³/mol. The van der Waals surface area contributed by atoms with E-state index in [-0.39, 0.29) is 12.6 Å². The number of rotatable bonds is 10. The van der Waals surface area contributed by atoms with Crippen LogP contribution in [0.4, 0.5) is 0 Å². The quantitative estimate of drug-likeness (QED) is 0.641. The Morgan fingerprint density at radius 2 is 2.05 bits per heavy atom. The van der Waals surface area contributed by atoms with Gasteiger partial charge in [0.2, 0.25) is 0 Å². The van der Waals surface area contributed by atoms with Crippen molar-refractivity contribution in [1.82, 2.24) is 5.32 Å². The van der Waals surface area contributed by atoms with Crippen LogP contribution in [0.1, 0.15) is 25.5 Å². The molecule has 5 heteroatoms. The number of hydrogen-bond acceptors (Lipinski definition) is 5. The van der Waals surface area contributed by atoms with Gasteiger partial charge in [0.25, 0.3) is 0 Å². The van der Waals surface area contributed by atoms with E-state index in [1.807, 2.05) is 18.2 Å². The normalized spacial score (nSPS) is 12.2. The lowest BCUT2D eigenvalue weighted by atomic mass is 10.1. The Labute approximate surface area is 120 Å². The van der Waals surface area contributed by atoms with Crippen molar-refractivity contribution >= 4 is 0 Å². The molecule has 0 bridgehead atoms. The van der Waals surface area contributed by atoms with Crippen LogP contribution in [0.25, 0.3) is 0 Å². The highest BCUT2D eigenvalue weighted by atomic mass is 16.5. The maximum absolute atomic E-state index is 8.64. The van der Waals surface area contributed by atoms with Crippen LogP contribution in [-0.2, 0) is 4.74 Å². The standard InChI is InChI=1S/C15H25NO4/c1-4-16-12(2)14-6-5-13(18-3)11-15(14)20-10-9-19-8-7-17/h5-6,11-12,16-17H,4,7-10H2,1-3H3. The van der Waals surface area contributed by atoms with Gasteiger partial charge in [0, 0.05) is 17.7 Å². The third kappa shape index (κ3) is 5.36. The molecule has 20 heavy (non-hydrogen) atoms. The lowest BCUT2D eigenvalue weighted by molar-refractivity contribution is 0.0701. The van der Waals surface area contributed by atoms with E-state index < -0.39 is 0 Å². The van der Waals surface area contributed by atoms with E-state index in [1.165, 1.54) is 0 Å². The van der Waals surface area contributed by atoms with Crippen LogP contribution in [0.15, 0.2) is 18.2 Å². The van der Waals surface area contributed by atoms with Crippen molar-refractivity contribution in [3.8, 4) is 11.5 Å². The van der Waals surface area contributed by atoms with Crippen LogP contribution in [0.5, 0.6) is 11.5 Å². The van der Waals surface area contributed by atoms with Gasteiger partial charge in [-0.2, -0.15) is 0 Å². The zero-order valence-corrected chi connectivity index (χ0v) is 12.5. The van der Waals surface area contributed by atoms with E-state index in [2.05, 4.69) is 19.2 Å². The molecule has 114 valence electrons. The number of aliphatic hydroxyl groups is 1. The zero-order chi connectivity index (χ0) is 14.8. The summed E-state index contributed by atoms with van der Waals surface area (Å²) >= 11 is 0. The fourth-order valence-corrected chi connectivity index (χ4v) is 1.92. The fourth-order valence-electron chi connectivity index (χ4n) is 1.92. The van der Waals surface area contributed by atoms with Gasteiger partial charge in [0.05, 0.1) is 26.9 Å². The first-order valence-corrected chi connectivity index (χ1v) is 6.95. The molecular formula is C15H25NO4. The topological polar surface area (TPSA) is 60.0 Å². The predicted octanol–water partition coefficient (Wildman–Crippen LogP) is 1.75. The molecule has 1 unspecified atom stereocenters. The Bertz CT molecular complexity index is 384. The first-order valence-electron chi connectivity index (χ1n) is 6.95. The Morgan fingerprint density at radius 1 is 1.25 bits per heavy atom. The van der Waals surface area contributed by atoms with E-state index in [0.29, 0.717) is 19.8 Å². The van der Waals surface area contributed by atoms with E-state index >= 15 is 0 Å². The van der Waals surface area contributed by atoms with Gasteiger partial charge in [-0.05, 0) is 19.5 Å². The minimum absolute atomic E-state index is 0.0296. The number of ether oxygens (including phenoxy) is 3. The SMILES string of the molecule is CCNC(C)c1ccc(OC)cc1OCCOCCO. The van der Waals surface area contributed by atoms with Crippen LogP contribution in [0.2, 0.25) is 0 Å². The second-order valence-corrected chi connectivity index (χ2v) is 4.37. The largest absolute Gasteiger partial charge is 0.497 e. The molecule has 1 aromatic rings. The number of aliphatic hydroxyl groups excluding tert-OH is 1. The third-order valence-corrected chi connectivity index (χ3v) is 2.92.